The van der Waals surface area contributed by atoms with Gasteiger partial charge in [0, 0.05) is 29.0 Å². The minimum absolute atomic E-state index is 0.0351. The predicted octanol–water partition coefficient (Wildman–Crippen LogP) is 7.28. The van der Waals surface area contributed by atoms with Crippen molar-refractivity contribution < 1.29 is 49.5 Å². The van der Waals surface area contributed by atoms with Crippen molar-refractivity contribution in [1.82, 2.24) is 24.9 Å². The van der Waals surface area contributed by atoms with Crippen LogP contribution in [0.3, 0.4) is 0 Å². The first-order valence-electron chi connectivity index (χ1n) is 21.0. The van der Waals surface area contributed by atoms with Gasteiger partial charge >= 0.3 is 6.18 Å². The molecule has 3 amide bonds. The number of nitrogens with zero attached hydrogens (tertiary/aromatic N) is 3. The highest BCUT2D eigenvalue weighted by atomic mass is 32.2. The number of para-hydroxylation sites is 1. The maximum atomic E-state index is 15.1. The summed E-state index contributed by atoms with van der Waals surface area (Å²) in [6, 6.07) is 14.9. The smallest absolute Gasteiger partial charge is 0.416 e. The lowest BCUT2D eigenvalue weighted by atomic mass is 9.83. The van der Waals surface area contributed by atoms with Crippen LogP contribution in [-0.2, 0) is 30.6 Å². The van der Waals surface area contributed by atoms with Gasteiger partial charge in [-0.2, -0.15) is 18.2 Å². The Balaban J connectivity index is 1.07. The molecule has 5 atom stereocenters. The molecule has 1 aliphatic heterocycles. The third-order valence-electron chi connectivity index (χ3n) is 12.6. The number of fused-ring (bicyclic) bond motifs is 3. The number of likely N-dealkylation sites (tertiary alicyclic amines) is 1. The number of halogens is 4. The number of amides is 3. The summed E-state index contributed by atoms with van der Waals surface area (Å²) in [5.74, 6) is -3.42. The number of carbonyl (C=O) groups is 3. The normalized spacial score (nSPS) is 23.3. The van der Waals surface area contributed by atoms with Crippen LogP contribution in [-0.4, -0.2) is 76.5 Å². The van der Waals surface area contributed by atoms with E-state index < -0.39 is 80.2 Å². The largest absolute Gasteiger partial charge is 0.470 e. The molecule has 0 bridgehead atoms. The average molecular weight is 889 g/mol. The summed E-state index contributed by atoms with van der Waals surface area (Å²) >= 11 is 0. The van der Waals surface area contributed by atoms with E-state index in [1.165, 1.54) is 41.3 Å². The Morgan fingerprint density at radius 1 is 0.968 bits per heavy atom. The first kappa shape index (κ1) is 42.3. The highest BCUT2D eigenvalue weighted by molar-refractivity contribution is 7.91. The Morgan fingerprint density at radius 2 is 1.71 bits per heavy atom. The van der Waals surface area contributed by atoms with Gasteiger partial charge in [0.2, 0.25) is 27.4 Å². The molecule has 18 heteroatoms. The second kappa shape index (κ2) is 16.3. The molecule has 3 aliphatic carbocycles. The fourth-order valence-electron chi connectivity index (χ4n) is 8.92. The van der Waals surface area contributed by atoms with Gasteiger partial charge in [-0.15, -0.1) is 6.58 Å². The van der Waals surface area contributed by atoms with E-state index in [1.807, 2.05) is 0 Å². The first-order valence-corrected chi connectivity index (χ1v) is 22.5. The van der Waals surface area contributed by atoms with Gasteiger partial charge in [0.25, 0.3) is 11.8 Å². The minimum Gasteiger partial charge on any atom is -0.470 e. The highest BCUT2D eigenvalue weighted by Gasteiger charge is 2.62. The molecule has 4 fully saturated rings. The molecule has 13 nitrogen and oxygen atoms in total. The van der Waals surface area contributed by atoms with Crippen molar-refractivity contribution in [1.29, 1.82) is 0 Å². The highest BCUT2D eigenvalue weighted by Crippen LogP contribution is 2.46. The first-order chi connectivity index (χ1) is 30.1. The van der Waals surface area contributed by atoms with Crippen molar-refractivity contribution in [3.05, 3.63) is 96.8 Å². The summed E-state index contributed by atoms with van der Waals surface area (Å²) in [5, 5.41) is 5.94. The van der Waals surface area contributed by atoms with Crippen LogP contribution >= 0.6 is 0 Å². The molecule has 0 spiro atoms. The number of nitrogens with one attached hydrogen (secondary N) is 3. The maximum absolute atomic E-state index is 15.1. The van der Waals surface area contributed by atoms with Gasteiger partial charge in [-0.05, 0) is 80.5 Å². The summed E-state index contributed by atoms with van der Waals surface area (Å²) < 4.78 is 95.5. The Kier molecular flexibility index (Phi) is 10.9. The molecule has 9 rings (SSSR count). The van der Waals surface area contributed by atoms with Gasteiger partial charge < -0.3 is 24.7 Å². The standard InChI is InChI=1S/C45H44F4N6O7S/c1-2-27-23-44(27,43(58)54-63(59,60)32-19-20-32)53-40(56)34-22-31(24-55(34)42(57)36(25-9-4-3-5-10-25)50-30-12-8-11-29(46)21-30)61-41-38-37(33-13-6-7-14-35(33)62-38)51-39(52-41)26-15-17-28(18-16-26)45(47,48)49/h2,6-8,11-18,21,25,27,31-32,34,36,50H,1,3-5,9-10,19-20,22-24H2,(H,53,56)(H,54,58)/t27-,31-,34+,36+,44-/m1/s1. The van der Waals surface area contributed by atoms with Gasteiger partial charge in [0.1, 0.15) is 40.6 Å². The maximum Gasteiger partial charge on any atom is 0.416 e. The fourth-order valence-corrected chi connectivity index (χ4v) is 10.3. The summed E-state index contributed by atoms with van der Waals surface area (Å²) in [4.78, 5) is 54.1. The van der Waals surface area contributed by atoms with Gasteiger partial charge in [0.15, 0.2) is 5.82 Å². The van der Waals surface area contributed by atoms with Gasteiger partial charge in [-0.1, -0.05) is 55.7 Å². The van der Waals surface area contributed by atoms with Crippen LogP contribution < -0.4 is 20.1 Å². The number of carbonyl (C=O) groups excluding carboxylic acids is 3. The van der Waals surface area contributed by atoms with Crippen LogP contribution in [0.1, 0.15) is 63.4 Å². The molecule has 1 saturated heterocycles. The van der Waals surface area contributed by atoms with Crippen molar-refractivity contribution in [2.45, 2.75) is 92.9 Å². The Labute approximate surface area is 359 Å². The Hall–Kier alpha value is -6.04. The number of rotatable bonds is 13. The number of furan rings is 1. The van der Waals surface area contributed by atoms with E-state index in [4.69, 9.17) is 9.15 Å². The lowest BCUT2D eigenvalue weighted by Gasteiger charge is -2.35. The van der Waals surface area contributed by atoms with E-state index in [0.717, 1.165) is 31.4 Å². The van der Waals surface area contributed by atoms with Gasteiger partial charge in [-0.3, -0.25) is 19.1 Å². The van der Waals surface area contributed by atoms with Crippen LogP contribution in [0.4, 0.5) is 23.2 Å². The zero-order valence-corrected chi connectivity index (χ0v) is 34.7. The van der Waals surface area contributed by atoms with Crippen molar-refractivity contribution in [2.24, 2.45) is 11.8 Å². The second-order valence-electron chi connectivity index (χ2n) is 16.9. The van der Waals surface area contributed by atoms with Crippen LogP contribution in [0.2, 0.25) is 0 Å². The number of ether oxygens (including phenoxy) is 1. The summed E-state index contributed by atoms with van der Waals surface area (Å²) in [7, 11) is -3.98. The topological polar surface area (TPSA) is 173 Å². The molecule has 4 aliphatic rings. The molecule has 5 aromatic rings. The lowest BCUT2D eigenvalue weighted by molar-refractivity contribution is -0.141. The van der Waals surface area contributed by atoms with E-state index in [9.17, 15) is 35.6 Å². The van der Waals surface area contributed by atoms with E-state index in [-0.39, 0.29) is 48.2 Å². The van der Waals surface area contributed by atoms with Crippen LogP contribution in [0.5, 0.6) is 5.88 Å². The minimum atomic E-state index is -4.57. The molecule has 3 heterocycles. The van der Waals surface area contributed by atoms with Gasteiger partial charge in [0.05, 0.1) is 17.4 Å². The van der Waals surface area contributed by atoms with Gasteiger partial charge in [-0.25, -0.2) is 17.8 Å². The number of aromatic nitrogens is 2. The zero-order chi connectivity index (χ0) is 44.3. The molecule has 3 saturated carbocycles. The Morgan fingerprint density at radius 3 is 2.40 bits per heavy atom. The predicted molar refractivity (Wildman–Crippen MR) is 224 cm³/mol. The number of sulfonamides is 1. The van der Waals surface area contributed by atoms with Crippen molar-refractivity contribution >= 4 is 55.5 Å². The fraction of sp³-hybridized carbons (Fsp3) is 0.400. The van der Waals surface area contributed by atoms with Crippen LogP contribution in [0.25, 0.3) is 33.5 Å². The van der Waals surface area contributed by atoms with E-state index in [2.05, 4.69) is 31.9 Å². The molecular weight excluding hydrogens is 845 g/mol. The van der Waals surface area contributed by atoms with Crippen molar-refractivity contribution in [3.63, 3.8) is 0 Å². The summed E-state index contributed by atoms with van der Waals surface area (Å²) in [5.41, 5.74) is -0.983. The zero-order valence-electron chi connectivity index (χ0n) is 33.9. The Bertz CT molecular complexity index is 2720. The molecule has 330 valence electrons. The number of hydrogen-bond acceptors (Lipinski definition) is 10. The van der Waals surface area contributed by atoms with Crippen molar-refractivity contribution in [2.75, 3.05) is 11.9 Å². The second-order valence-corrected chi connectivity index (χ2v) is 18.9. The molecule has 0 radical (unpaired) electrons. The average Bonchev–Trinajstić information content (AvgIpc) is 4.17. The summed E-state index contributed by atoms with van der Waals surface area (Å²) in [6.07, 6.45) is 0.853. The van der Waals surface area contributed by atoms with Crippen LogP contribution in [0.15, 0.2) is 89.9 Å². The quantitative estimate of drug-likeness (QED) is 0.0806. The number of hydrogen-bond donors (Lipinski definition) is 3. The van der Waals surface area contributed by atoms with Crippen molar-refractivity contribution in [3.8, 4) is 17.3 Å². The third kappa shape index (κ3) is 8.44. The molecule has 63 heavy (non-hydrogen) atoms. The number of alkyl halides is 3. The molecule has 3 aromatic carbocycles. The van der Waals surface area contributed by atoms with Crippen LogP contribution in [0, 0.1) is 17.7 Å². The third-order valence-corrected chi connectivity index (χ3v) is 14.4. The SMILES string of the molecule is C=C[C@@H]1C[C@]1(NC(=O)[C@@H]1C[C@@H](Oc2nc(-c3ccc(C(F)(F)F)cc3)nc3c2oc2ccccc23)CN1C(=O)[C@@H](Nc1cccc(F)c1)C1CCCCC1)C(=O)NS(=O)(=O)C1CC1. The molecule has 3 N–H and O–H groups in total. The van der Waals surface area contributed by atoms with E-state index in [0.29, 0.717) is 47.9 Å². The van der Waals surface area contributed by atoms with E-state index in [1.54, 1.807) is 30.3 Å². The molecule has 2 aromatic heterocycles. The number of anilines is 1. The monoisotopic (exact) mass is 888 g/mol. The molecular formula is C45H44F4N6O7S. The summed E-state index contributed by atoms with van der Waals surface area (Å²) in [6.45, 7) is 3.63. The van der Waals surface area contributed by atoms with E-state index >= 15 is 4.79 Å². The molecule has 0 unspecified atom stereocenters. The lowest BCUT2D eigenvalue weighted by Crippen LogP contribution is -2.58. The number of benzene rings is 3.